The molecule has 1 aliphatic rings. The van der Waals surface area contributed by atoms with Crippen LogP contribution in [-0.2, 0) is 15.7 Å². The van der Waals surface area contributed by atoms with E-state index in [1.54, 1.807) is 0 Å². The molecule has 0 aromatic heterocycles. The summed E-state index contributed by atoms with van der Waals surface area (Å²) in [6, 6.07) is 3.96. The second-order valence-corrected chi connectivity index (χ2v) is 7.57. The van der Waals surface area contributed by atoms with Crippen molar-refractivity contribution in [2.75, 3.05) is 0 Å². The van der Waals surface area contributed by atoms with Crippen molar-refractivity contribution in [1.82, 2.24) is 0 Å². The molecule has 8 heteroatoms. The Hall–Kier alpha value is -1.93. The van der Waals surface area contributed by atoms with Gasteiger partial charge < -0.3 is 9.31 Å². The minimum absolute atomic E-state index is 0.128. The van der Waals surface area contributed by atoms with Crippen LogP contribution in [0.4, 0.5) is 22.0 Å². The lowest BCUT2D eigenvalue weighted by atomic mass is 9.78. The first-order valence-electron chi connectivity index (χ1n) is 8.39. The van der Waals surface area contributed by atoms with Crippen molar-refractivity contribution in [2.24, 2.45) is 0 Å². The third-order valence-corrected chi connectivity index (χ3v) is 5.16. The SMILES string of the molecule is CC1(C)OB(c2ccc(Cc3c(F)c(F)cc(F)c3F)cc2F)OC1(C)C. The summed E-state index contributed by atoms with van der Waals surface area (Å²) in [5.41, 5.74) is -1.84. The Balaban J connectivity index is 1.89. The molecule has 0 saturated carbocycles. The summed E-state index contributed by atoms with van der Waals surface area (Å²) in [6.07, 6.45) is -0.507. The maximum absolute atomic E-state index is 14.6. The van der Waals surface area contributed by atoms with Crippen LogP contribution in [0.15, 0.2) is 24.3 Å². The lowest BCUT2D eigenvalue weighted by Crippen LogP contribution is -2.41. The largest absolute Gasteiger partial charge is 0.497 e. The van der Waals surface area contributed by atoms with E-state index >= 15 is 0 Å². The predicted molar refractivity (Wildman–Crippen MR) is 91.2 cm³/mol. The normalized spacial score (nSPS) is 18.2. The van der Waals surface area contributed by atoms with Gasteiger partial charge in [-0.1, -0.05) is 12.1 Å². The molecule has 0 bridgehead atoms. The fourth-order valence-corrected chi connectivity index (χ4v) is 2.82. The summed E-state index contributed by atoms with van der Waals surface area (Å²) >= 11 is 0. The third kappa shape index (κ3) is 3.48. The highest BCUT2D eigenvalue weighted by Crippen LogP contribution is 2.36. The molecule has 0 unspecified atom stereocenters. The van der Waals surface area contributed by atoms with Gasteiger partial charge in [0.25, 0.3) is 0 Å². The molecule has 2 aromatic rings. The molecule has 3 rings (SSSR count). The molecule has 1 saturated heterocycles. The maximum Gasteiger partial charge on any atom is 0.497 e. The Morgan fingerprint density at radius 2 is 1.30 bits per heavy atom. The highest BCUT2D eigenvalue weighted by Gasteiger charge is 2.52. The maximum atomic E-state index is 14.6. The van der Waals surface area contributed by atoms with Gasteiger partial charge in [0.05, 0.1) is 11.2 Å². The lowest BCUT2D eigenvalue weighted by Gasteiger charge is -2.32. The Bertz CT molecular complexity index is 856. The zero-order valence-electron chi connectivity index (χ0n) is 15.3. The zero-order chi connectivity index (χ0) is 20.1. The zero-order valence-corrected chi connectivity index (χ0v) is 15.3. The summed E-state index contributed by atoms with van der Waals surface area (Å²) < 4.78 is 80.4. The van der Waals surface area contributed by atoms with Crippen molar-refractivity contribution in [3.05, 3.63) is 64.5 Å². The van der Waals surface area contributed by atoms with Crippen LogP contribution < -0.4 is 5.46 Å². The van der Waals surface area contributed by atoms with Crippen LogP contribution in [0.1, 0.15) is 38.8 Å². The van der Waals surface area contributed by atoms with Gasteiger partial charge in [-0.2, -0.15) is 0 Å². The number of hydrogen-bond donors (Lipinski definition) is 0. The van der Waals surface area contributed by atoms with Gasteiger partial charge in [0.2, 0.25) is 0 Å². The highest BCUT2D eigenvalue weighted by molar-refractivity contribution is 6.62. The Kier molecular flexibility index (Phi) is 4.85. The molecule has 0 atom stereocenters. The van der Waals surface area contributed by atoms with Crippen molar-refractivity contribution in [3.8, 4) is 0 Å². The molecule has 0 amide bonds. The molecule has 0 N–H and O–H groups in total. The fraction of sp³-hybridized carbons (Fsp3) is 0.368. The van der Waals surface area contributed by atoms with E-state index in [2.05, 4.69) is 0 Å². The van der Waals surface area contributed by atoms with Gasteiger partial charge >= 0.3 is 7.12 Å². The van der Waals surface area contributed by atoms with E-state index in [9.17, 15) is 22.0 Å². The van der Waals surface area contributed by atoms with Gasteiger partial charge in [-0.05, 0) is 39.3 Å². The highest BCUT2D eigenvalue weighted by atomic mass is 19.2. The van der Waals surface area contributed by atoms with E-state index in [1.165, 1.54) is 12.1 Å². The minimum atomic E-state index is -1.50. The summed E-state index contributed by atoms with van der Waals surface area (Å²) in [5.74, 6) is -6.70. The van der Waals surface area contributed by atoms with Crippen LogP contribution in [0.2, 0.25) is 0 Å². The Morgan fingerprint density at radius 3 is 1.78 bits per heavy atom. The van der Waals surface area contributed by atoms with E-state index in [-0.39, 0.29) is 17.1 Å². The molecule has 2 aromatic carbocycles. The summed E-state index contributed by atoms with van der Waals surface area (Å²) in [4.78, 5) is 0. The van der Waals surface area contributed by atoms with Gasteiger partial charge in [-0.3, -0.25) is 0 Å². The Morgan fingerprint density at radius 1 is 0.778 bits per heavy atom. The predicted octanol–water partition coefficient (Wildman–Crippen LogP) is 4.27. The molecule has 2 nitrogen and oxygen atoms in total. The average Bonchev–Trinajstić information content (AvgIpc) is 2.77. The molecule has 144 valence electrons. The van der Waals surface area contributed by atoms with E-state index in [0.29, 0.717) is 0 Å². The summed E-state index contributed by atoms with van der Waals surface area (Å²) in [5, 5.41) is 0. The smallest absolute Gasteiger partial charge is 0.399 e. The van der Waals surface area contributed by atoms with E-state index in [0.717, 1.165) is 6.07 Å². The molecule has 0 spiro atoms. The topological polar surface area (TPSA) is 18.5 Å². The summed E-state index contributed by atoms with van der Waals surface area (Å²) in [6.45, 7) is 7.29. The quantitative estimate of drug-likeness (QED) is 0.447. The van der Waals surface area contributed by atoms with Crippen molar-refractivity contribution in [2.45, 2.75) is 45.3 Å². The second-order valence-electron chi connectivity index (χ2n) is 7.57. The standard InChI is InChI=1S/C19H18BF5O2/c1-18(2)19(3,4)27-20(26-18)12-6-5-10(8-13(12)21)7-11-16(24)14(22)9-15(23)17(11)25/h5-6,8-9H,7H2,1-4H3. The van der Waals surface area contributed by atoms with Crippen molar-refractivity contribution in [1.29, 1.82) is 0 Å². The molecule has 1 fully saturated rings. The van der Waals surface area contributed by atoms with Crippen molar-refractivity contribution < 1.29 is 31.3 Å². The molecular weight excluding hydrogens is 366 g/mol. The molecular formula is C19H18BF5O2. The molecule has 1 heterocycles. The first-order chi connectivity index (χ1) is 12.4. The van der Waals surface area contributed by atoms with Gasteiger partial charge in [0.1, 0.15) is 5.82 Å². The first-order valence-corrected chi connectivity index (χ1v) is 8.39. The third-order valence-electron chi connectivity index (χ3n) is 5.16. The van der Waals surface area contributed by atoms with Crippen LogP contribution in [0.5, 0.6) is 0 Å². The van der Waals surface area contributed by atoms with Crippen molar-refractivity contribution >= 4 is 12.6 Å². The van der Waals surface area contributed by atoms with Gasteiger partial charge in [-0.25, -0.2) is 22.0 Å². The minimum Gasteiger partial charge on any atom is -0.399 e. The monoisotopic (exact) mass is 384 g/mol. The Labute approximate surface area is 154 Å². The van der Waals surface area contributed by atoms with Crippen molar-refractivity contribution in [3.63, 3.8) is 0 Å². The fourth-order valence-electron chi connectivity index (χ4n) is 2.82. The van der Waals surface area contributed by atoms with Crippen LogP contribution in [0.3, 0.4) is 0 Å². The number of hydrogen-bond acceptors (Lipinski definition) is 2. The molecule has 0 aliphatic carbocycles. The molecule has 27 heavy (non-hydrogen) atoms. The first kappa shape index (κ1) is 19.8. The van der Waals surface area contributed by atoms with Gasteiger partial charge in [0, 0.05) is 23.5 Å². The van der Waals surface area contributed by atoms with E-state index < -0.39 is 59.4 Å². The van der Waals surface area contributed by atoms with Crippen LogP contribution in [-0.4, -0.2) is 18.3 Å². The van der Waals surface area contributed by atoms with Crippen LogP contribution in [0.25, 0.3) is 0 Å². The number of halogens is 5. The second kappa shape index (κ2) is 6.60. The van der Waals surface area contributed by atoms with Gasteiger partial charge in [-0.15, -0.1) is 0 Å². The lowest BCUT2D eigenvalue weighted by molar-refractivity contribution is 0.00578. The van der Waals surface area contributed by atoms with Gasteiger partial charge in [0.15, 0.2) is 23.3 Å². The van der Waals surface area contributed by atoms with E-state index in [4.69, 9.17) is 9.31 Å². The number of rotatable bonds is 3. The van der Waals surface area contributed by atoms with Crippen LogP contribution >= 0.6 is 0 Å². The number of benzene rings is 2. The molecule has 0 radical (unpaired) electrons. The van der Waals surface area contributed by atoms with E-state index in [1.807, 2.05) is 27.7 Å². The van der Waals surface area contributed by atoms with Crippen LogP contribution in [0, 0.1) is 29.1 Å². The average molecular weight is 384 g/mol. The summed E-state index contributed by atoms with van der Waals surface area (Å²) in [7, 11) is -0.941. The molecule has 1 aliphatic heterocycles.